The Morgan fingerprint density at radius 2 is 1.73 bits per heavy atom. The molecule has 0 spiro atoms. The molecule has 7 heterocycles. The molecular formula is C44H50ClF2N11O4. The number of benzene rings is 2. The van der Waals surface area contributed by atoms with Crippen molar-refractivity contribution in [2.45, 2.75) is 69.4 Å². The highest BCUT2D eigenvalue weighted by molar-refractivity contribution is 6.33. The summed E-state index contributed by atoms with van der Waals surface area (Å²) < 4.78 is 39.2. The molecule has 2 amide bonds. The third-order valence-electron chi connectivity index (χ3n) is 13.8. The molecule has 3 atom stereocenters. The molecule has 326 valence electrons. The van der Waals surface area contributed by atoms with Crippen molar-refractivity contribution in [3.8, 4) is 5.75 Å². The van der Waals surface area contributed by atoms with Crippen LogP contribution in [-0.2, 0) is 23.7 Å². The molecule has 5 aliphatic rings. The van der Waals surface area contributed by atoms with Gasteiger partial charge in [-0.15, -0.1) is 0 Å². The number of para-hydroxylation sites is 1. The van der Waals surface area contributed by atoms with Gasteiger partial charge in [-0.3, -0.25) is 29.3 Å². The zero-order valence-electron chi connectivity index (χ0n) is 35.0. The number of piperazine rings is 1. The van der Waals surface area contributed by atoms with Crippen LogP contribution in [0.15, 0.2) is 47.4 Å². The highest BCUT2D eigenvalue weighted by Gasteiger charge is 2.51. The van der Waals surface area contributed by atoms with Crippen LogP contribution in [0.5, 0.6) is 5.75 Å². The number of amides is 2. The molecule has 0 radical (unpaired) electrons. The first-order valence-corrected chi connectivity index (χ1v) is 22.0. The van der Waals surface area contributed by atoms with E-state index in [9.17, 15) is 14.4 Å². The van der Waals surface area contributed by atoms with E-state index in [0.29, 0.717) is 71.0 Å². The van der Waals surface area contributed by atoms with E-state index in [4.69, 9.17) is 26.4 Å². The third-order valence-corrected chi connectivity index (χ3v) is 14.1. The minimum atomic E-state index is -3.13. The van der Waals surface area contributed by atoms with Crippen LogP contribution >= 0.6 is 11.6 Å². The fourth-order valence-corrected chi connectivity index (χ4v) is 10.2. The molecule has 4 fully saturated rings. The molecule has 1 aliphatic carbocycles. The predicted octanol–water partition coefficient (Wildman–Crippen LogP) is 5.78. The first kappa shape index (κ1) is 40.5. The number of fused-ring (bicyclic) bond motifs is 4. The van der Waals surface area contributed by atoms with Crippen LogP contribution in [0.3, 0.4) is 0 Å². The van der Waals surface area contributed by atoms with Gasteiger partial charge in [0.05, 0.1) is 46.3 Å². The topological polar surface area (TPSA) is 155 Å². The predicted molar refractivity (Wildman–Crippen MR) is 234 cm³/mol. The Labute approximate surface area is 361 Å². The largest absolute Gasteiger partial charge is 0.480 e. The molecular weight excluding hydrogens is 820 g/mol. The first-order valence-electron chi connectivity index (χ1n) is 21.6. The van der Waals surface area contributed by atoms with E-state index >= 15 is 8.78 Å². The van der Waals surface area contributed by atoms with Crippen LogP contribution < -0.4 is 36.0 Å². The number of aromatic nitrogens is 5. The van der Waals surface area contributed by atoms with Gasteiger partial charge in [-0.25, -0.2) is 13.8 Å². The molecule has 62 heavy (non-hydrogen) atoms. The van der Waals surface area contributed by atoms with Gasteiger partial charge in [-0.1, -0.05) is 23.7 Å². The first-order chi connectivity index (χ1) is 29.8. The Hall–Kier alpha value is -5.55. The maximum Gasteiger partial charge on any atom is 0.301 e. The van der Waals surface area contributed by atoms with Gasteiger partial charge in [-0.2, -0.15) is 10.1 Å². The fraction of sp³-hybridized carbons (Fsp3) is 0.500. The van der Waals surface area contributed by atoms with E-state index in [2.05, 4.69) is 48.6 Å². The van der Waals surface area contributed by atoms with E-state index in [1.165, 1.54) is 4.57 Å². The molecule has 3 N–H and O–H groups in total. The lowest BCUT2D eigenvalue weighted by Crippen LogP contribution is -2.53. The van der Waals surface area contributed by atoms with Crippen molar-refractivity contribution in [2.24, 2.45) is 25.9 Å². The Morgan fingerprint density at radius 1 is 0.952 bits per heavy atom. The molecule has 0 bridgehead atoms. The Balaban J connectivity index is 0.790. The maximum absolute atomic E-state index is 15.2. The number of ether oxygens (including phenoxy) is 1. The third kappa shape index (κ3) is 7.25. The quantitative estimate of drug-likeness (QED) is 0.162. The van der Waals surface area contributed by atoms with Crippen molar-refractivity contribution in [3.05, 3.63) is 63.7 Å². The average Bonchev–Trinajstić information content (AvgIpc) is 4.07. The van der Waals surface area contributed by atoms with Gasteiger partial charge in [-0.05, 0) is 75.1 Å². The number of anilines is 5. The highest BCUT2D eigenvalue weighted by atomic mass is 35.5. The van der Waals surface area contributed by atoms with Crippen LogP contribution in [0.2, 0.25) is 5.02 Å². The SMILES string of the molecule is C[C@@H](C1CCN(c2ncc(Cl)c(Nc3ccc4c(c3)c3c(c(=O)n4C)OCC(F)(F)[C@H](C4CC4)N3)n2)CC1)N1CCN(c2cccc3c(C4CCC(=O)NC4=O)nn(C)c23)CC1. The zero-order valence-corrected chi connectivity index (χ0v) is 35.7. The molecule has 5 aromatic rings. The van der Waals surface area contributed by atoms with E-state index < -0.39 is 30.0 Å². The average molecular weight is 870 g/mol. The second-order valence-corrected chi connectivity index (χ2v) is 18.0. The summed E-state index contributed by atoms with van der Waals surface area (Å²) in [7, 11) is 3.53. The number of nitrogens with one attached hydrogen (secondary N) is 3. The van der Waals surface area contributed by atoms with Crippen molar-refractivity contribution in [1.82, 2.24) is 34.5 Å². The Kier molecular flexibility index (Phi) is 10.2. The molecule has 15 nitrogen and oxygen atoms in total. The standard InChI is InChI=1S/C44H50ClF2N11O4/c1-24(56-17-19-57(20-18-56)33-6-4-5-28-35(53-55(3)37(28)33)29-10-12-34(59)50-41(29)60)25-13-15-58(16-14-25)43-48-22-31(45)40(52-43)49-27-9-11-32-30(21-27)36-38(42(61)54(32)2)62-23-44(46,47)39(51-36)26-7-8-26/h4-6,9,11,21-22,24-26,29,39,51H,7-8,10,12-20,23H2,1-3H3,(H,48,49,52)(H,50,59,60)/t24-,29?,39-/m0/s1. The lowest BCUT2D eigenvalue weighted by atomic mass is 9.89. The van der Waals surface area contributed by atoms with Crippen molar-refractivity contribution in [2.75, 3.05) is 66.3 Å². The maximum atomic E-state index is 15.2. The number of halogens is 3. The van der Waals surface area contributed by atoms with Gasteiger partial charge in [0.25, 0.3) is 5.56 Å². The van der Waals surface area contributed by atoms with Crippen LogP contribution in [0, 0.1) is 11.8 Å². The Bertz CT molecular complexity index is 2650. The van der Waals surface area contributed by atoms with Gasteiger partial charge in [0, 0.05) is 82.3 Å². The monoisotopic (exact) mass is 869 g/mol. The lowest BCUT2D eigenvalue weighted by molar-refractivity contribution is -0.134. The second-order valence-electron chi connectivity index (χ2n) is 17.6. The summed E-state index contributed by atoms with van der Waals surface area (Å²) >= 11 is 6.65. The van der Waals surface area contributed by atoms with Gasteiger partial charge in [0.15, 0.2) is 12.4 Å². The van der Waals surface area contributed by atoms with Crippen molar-refractivity contribution in [3.63, 3.8) is 0 Å². The van der Waals surface area contributed by atoms with E-state index in [0.717, 1.165) is 74.4 Å². The highest BCUT2D eigenvalue weighted by Crippen LogP contribution is 2.46. The number of imide groups is 1. The molecule has 1 unspecified atom stereocenters. The number of carbonyl (C=O) groups is 2. The van der Waals surface area contributed by atoms with E-state index in [-0.39, 0.29) is 29.2 Å². The molecule has 3 saturated heterocycles. The number of pyridine rings is 1. The van der Waals surface area contributed by atoms with Crippen molar-refractivity contribution in [1.29, 1.82) is 0 Å². The van der Waals surface area contributed by atoms with Crippen LogP contribution in [0.4, 0.5) is 37.6 Å². The van der Waals surface area contributed by atoms with Crippen LogP contribution in [0.1, 0.15) is 57.1 Å². The number of nitrogens with zero attached hydrogens (tertiary/aromatic N) is 8. The Morgan fingerprint density at radius 3 is 2.47 bits per heavy atom. The van der Waals surface area contributed by atoms with Gasteiger partial charge in [0.1, 0.15) is 5.02 Å². The van der Waals surface area contributed by atoms with E-state index in [1.54, 1.807) is 25.4 Å². The van der Waals surface area contributed by atoms with Crippen LogP contribution in [0.25, 0.3) is 21.8 Å². The number of alkyl halides is 2. The summed E-state index contributed by atoms with van der Waals surface area (Å²) in [6.07, 6.45) is 5.74. The molecule has 10 rings (SSSR count). The normalized spacial score (nSPS) is 22.8. The minimum Gasteiger partial charge on any atom is -0.480 e. The molecule has 2 aromatic carbocycles. The molecule has 3 aromatic heterocycles. The molecule has 18 heteroatoms. The van der Waals surface area contributed by atoms with Gasteiger partial charge >= 0.3 is 5.92 Å². The van der Waals surface area contributed by atoms with Crippen molar-refractivity contribution < 1.29 is 23.1 Å². The summed E-state index contributed by atoms with van der Waals surface area (Å²) in [6.45, 7) is 6.66. The van der Waals surface area contributed by atoms with Gasteiger partial charge in [0.2, 0.25) is 23.5 Å². The van der Waals surface area contributed by atoms with E-state index in [1.807, 2.05) is 29.9 Å². The fourth-order valence-electron chi connectivity index (χ4n) is 10.1. The molecule has 4 aliphatic heterocycles. The smallest absolute Gasteiger partial charge is 0.301 e. The lowest BCUT2D eigenvalue weighted by Gasteiger charge is -2.44. The second kappa shape index (κ2) is 15.7. The molecule has 1 saturated carbocycles. The summed E-state index contributed by atoms with van der Waals surface area (Å²) in [5, 5.41) is 15.5. The zero-order chi connectivity index (χ0) is 43.0. The number of hydrogen-bond donors (Lipinski definition) is 3. The number of carbonyl (C=O) groups excluding carboxylic acids is 2. The summed E-state index contributed by atoms with van der Waals surface area (Å²) in [6, 6.07) is 10.8. The summed E-state index contributed by atoms with van der Waals surface area (Å²) in [5.41, 5.74) is 3.84. The number of aryl methyl sites for hydroxylation is 2. The van der Waals surface area contributed by atoms with Crippen LogP contribution in [-0.4, -0.2) is 105 Å². The van der Waals surface area contributed by atoms with Gasteiger partial charge < -0.3 is 29.7 Å². The summed E-state index contributed by atoms with van der Waals surface area (Å²) in [5.74, 6) is -2.88. The van der Waals surface area contributed by atoms with Crippen molar-refractivity contribution >= 4 is 74.0 Å². The number of piperidine rings is 2. The number of rotatable bonds is 8. The summed E-state index contributed by atoms with van der Waals surface area (Å²) in [4.78, 5) is 54.5. The number of hydrogen-bond acceptors (Lipinski definition) is 12. The minimum absolute atomic E-state index is 0.107.